The molecule has 6 heteroatoms. The van der Waals surface area contributed by atoms with Crippen LogP contribution in [0.3, 0.4) is 0 Å². The summed E-state index contributed by atoms with van der Waals surface area (Å²) in [6, 6.07) is 7.19. The molecule has 0 aliphatic rings. The molecule has 0 saturated heterocycles. The van der Waals surface area contributed by atoms with E-state index in [-0.39, 0.29) is 6.03 Å². The molecule has 1 aromatic heterocycles. The van der Waals surface area contributed by atoms with Crippen molar-refractivity contribution in [2.45, 2.75) is 6.92 Å². The van der Waals surface area contributed by atoms with Gasteiger partial charge in [0.25, 0.3) is 0 Å². The van der Waals surface area contributed by atoms with Crippen LogP contribution >= 0.6 is 0 Å². The third-order valence-corrected chi connectivity index (χ3v) is 2.47. The summed E-state index contributed by atoms with van der Waals surface area (Å²) in [7, 11) is 1.71. The van der Waals surface area contributed by atoms with Gasteiger partial charge in [0.2, 0.25) is 0 Å². The van der Waals surface area contributed by atoms with Gasteiger partial charge in [-0.3, -0.25) is 10.00 Å². The van der Waals surface area contributed by atoms with E-state index in [4.69, 9.17) is 5.73 Å². The third kappa shape index (κ3) is 2.60. The van der Waals surface area contributed by atoms with Crippen LogP contribution in [0, 0.1) is 6.92 Å². The molecule has 4 N–H and O–H groups in total. The van der Waals surface area contributed by atoms with Crippen molar-refractivity contribution in [3.8, 4) is 0 Å². The summed E-state index contributed by atoms with van der Waals surface area (Å²) >= 11 is 0. The Labute approximate surface area is 105 Å². The molecule has 2 rings (SSSR count). The third-order valence-electron chi connectivity index (χ3n) is 2.47. The predicted octanol–water partition coefficient (Wildman–Crippen LogP) is 1.95. The standard InChI is InChI=1S/C12H15N5O/c1-8-4-3-5-9(6-8)15-12(18)16-11-10(13)7-14-17(11)2/h3-7H,13H2,1-2H3,(H2,15,16,18). The maximum absolute atomic E-state index is 11.8. The van der Waals surface area contributed by atoms with E-state index in [0.29, 0.717) is 11.5 Å². The second kappa shape index (κ2) is 4.79. The number of hydrogen-bond acceptors (Lipinski definition) is 3. The first-order valence-electron chi connectivity index (χ1n) is 5.48. The van der Waals surface area contributed by atoms with Crippen molar-refractivity contribution < 1.29 is 4.79 Å². The minimum Gasteiger partial charge on any atom is -0.394 e. The van der Waals surface area contributed by atoms with E-state index in [1.807, 2.05) is 31.2 Å². The smallest absolute Gasteiger partial charge is 0.324 e. The van der Waals surface area contributed by atoms with Gasteiger partial charge in [-0.05, 0) is 24.6 Å². The number of benzene rings is 1. The summed E-state index contributed by atoms with van der Waals surface area (Å²) in [6.07, 6.45) is 1.49. The molecule has 0 radical (unpaired) electrons. The fourth-order valence-electron chi connectivity index (χ4n) is 1.60. The van der Waals surface area contributed by atoms with Gasteiger partial charge >= 0.3 is 6.03 Å². The highest BCUT2D eigenvalue weighted by atomic mass is 16.2. The molecule has 18 heavy (non-hydrogen) atoms. The molecule has 94 valence electrons. The monoisotopic (exact) mass is 245 g/mol. The van der Waals surface area contributed by atoms with Crippen LogP contribution in [-0.4, -0.2) is 15.8 Å². The van der Waals surface area contributed by atoms with Crippen molar-refractivity contribution >= 4 is 23.2 Å². The zero-order chi connectivity index (χ0) is 13.1. The SMILES string of the molecule is Cc1cccc(NC(=O)Nc2c(N)cnn2C)c1. The molecule has 0 aliphatic carbocycles. The molecule has 2 aromatic rings. The van der Waals surface area contributed by atoms with Crippen LogP contribution in [0.1, 0.15) is 5.56 Å². The largest absolute Gasteiger partial charge is 0.394 e. The summed E-state index contributed by atoms with van der Waals surface area (Å²) in [5.74, 6) is 0.472. The van der Waals surface area contributed by atoms with Gasteiger partial charge in [0, 0.05) is 12.7 Å². The van der Waals surface area contributed by atoms with Crippen LogP contribution in [0.4, 0.5) is 22.0 Å². The van der Waals surface area contributed by atoms with Crippen molar-refractivity contribution in [2.75, 3.05) is 16.4 Å². The Morgan fingerprint density at radius 1 is 1.39 bits per heavy atom. The minimum absolute atomic E-state index is 0.351. The fourth-order valence-corrected chi connectivity index (χ4v) is 1.60. The van der Waals surface area contributed by atoms with Gasteiger partial charge in [0.15, 0.2) is 5.82 Å². The molecular formula is C12H15N5O. The highest BCUT2D eigenvalue weighted by Crippen LogP contribution is 2.16. The van der Waals surface area contributed by atoms with E-state index in [9.17, 15) is 4.79 Å². The lowest BCUT2D eigenvalue weighted by molar-refractivity contribution is 0.262. The number of nitrogen functional groups attached to an aromatic ring is 1. The quantitative estimate of drug-likeness (QED) is 0.756. The first-order valence-corrected chi connectivity index (χ1v) is 5.48. The molecule has 6 nitrogen and oxygen atoms in total. The fraction of sp³-hybridized carbons (Fsp3) is 0.167. The molecule has 0 fully saturated rings. The number of aryl methyl sites for hydroxylation is 2. The first kappa shape index (κ1) is 12.0. The zero-order valence-corrected chi connectivity index (χ0v) is 10.3. The van der Waals surface area contributed by atoms with E-state index in [1.165, 1.54) is 10.9 Å². The number of carbonyl (C=O) groups excluding carboxylic acids is 1. The Morgan fingerprint density at radius 2 is 2.17 bits per heavy atom. The van der Waals surface area contributed by atoms with Gasteiger partial charge in [-0.25, -0.2) is 4.79 Å². The molecule has 1 aromatic carbocycles. The van der Waals surface area contributed by atoms with Crippen molar-refractivity contribution in [3.05, 3.63) is 36.0 Å². The number of hydrogen-bond donors (Lipinski definition) is 3. The Balaban J connectivity index is 2.06. The average Bonchev–Trinajstić information content (AvgIpc) is 2.61. The van der Waals surface area contributed by atoms with Gasteiger partial charge in [-0.1, -0.05) is 12.1 Å². The van der Waals surface area contributed by atoms with Gasteiger partial charge in [-0.15, -0.1) is 0 Å². The number of anilines is 3. The van der Waals surface area contributed by atoms with E-state index in [0.717, 1.165) is 11.3 Å². The highest BCUT2D eigenvalue weighted by Gasteiger charge is 2.09. The Bertz CT molecular complexity index is 556. The van der Waals surface area contributed by atoms with Crippen molar-refractivity contribution in [3.63, 3.8) is 0 Å². The number of amides is 2. The molecule has 0 aliphatic heterocycles. The number of rotatable bonds is 2. The predicted molar refractivity (Wildman–Crippen MR) is 71.4 cm³/mol. The molecule has 0 unspecified atom stereocenters. The number of nitrogens with zero attached hydrogens (tertiary/aromatic N) is 2. The lowest BCUT2D eigenvalue weighted by Gasteiger charge is -2.08. The Hall–Kier alpha value is -2.50. The second-order valence-electron chi connectivity index (χ2n) is 4.02. The van der Waals surface area contributed by atoms with Crippen molar-refractivity contribution in [2.24, 2.45) is 7.05 Å². The number of nitrogens with one attached hydrogen (secondary N) is 2. The van der Waals surface area contributed by atoms with E-state index in [2.05, 4.69) is 15.7 Å². The Kier molecular flexibility index (Phi) is 3.18. The van der Waals surface area contributed by atoms with Crippen LogP contribution in [0.2, 0.25) is 0 Å². The van der Waals surface area contributed by atoms with Crippen LogP contribution in [0.25, 0.3) is 0 Å². The normalized spacial score (nSPS) is 10.1. The maximum Gasteiger partial charge on any atom is 0.324 e. The molecule has 2 amide bonds. The van der Waals surface area contributed by atoms with Crippen LogP contribution in [0.15, 0.2) is 30.5 Å². The van der Waals surface area contributed by atoms with Crippen LogP contribution < -0.4 is 16.4 Å². The first-order chi connectivity index (χ1) is 8.56. The van der Waals surface area contributed by atoms with Crippen molar-refractivity contribution in [1.82, 2.24) is 9.78 Å². The van der Waals surface area contributed by atoms with E-state index < -0.39 is 0 Å². The topological polar surface area (TPSA) is 85.0 Å². The lowest BCUT2D eigenvalue weighted by Crippen LogP contribution is -2.21. The molecule has 0 atom stereocenters. The molecule has 1 heterocycles. The molecule has 0 bridgehead atoms. The highest BCUT2D eigenvalue weighted by molar-refractivity contribution is 6.00. The van der Waals surface area contributed by atoms with Gasteiger partial charge < -0.3 is 11.1 Å². The zero-order valence-electron chi connectivity index (χ0n) is 10.3. The van der Waals surface area contributed by atoms with Gasteiger partial charge in [0.1, 0.15) is 0 Å². The van der Waals surface area contributed by atoms with E-state index in [1.54, 1.807) is 7.05 Å². The van der Waals surface area contributed by atoms with Gasteiger partial charge in [-0.2, -0.15) is 5.10 Å². The summed E-state index contributed by atoms with van der Waals surface area (Å²) in [5.41, 5.74) is 7.92. The van der Waals surface area contributed by atoms with Crippen LogP contribution in [0.5, 0.6) is 0 Å². The summed E-state index contributed by atoms with van der Waals surface area (Å²) in [6.45, 7) is 1.96. The summed E-state index contributed by atoms with van der Waals surface area (Å²) in [4.78, 5) is 11.8. The molecule has 0 saturated carbocycles. The summed E-state index contributed by atoms with van der Waals surface area (Å²) in [5, 5.41) is 9.32. The van der Waals surface area contributed by atoms with Gasteiger partial charge in [0.05, 0.1) is 11.9 Å². The lowest BCUT2D eigenvalue weighted by atomic mass is 10.2. The van der Waals surface area contributed by atoms with E-state index >= 15 is 0 Å². The molecular weight excluding hydrogens is 230 g/mol. The Morgan fingerprint density at radius 3 is 2.78 bits per heavy atom. The minimum atomic E-state index is -0.351. The number of aromatic nitrogens is 2. The van der Waals surface area contributed by atoms with Crippen molar-refractivity contribution in [1.29, 1.82) is 0 Å². The number of carbonyl (C=O) groups is 1. The average molecular weight is 245 g/mol. The van der Waals surface area contributed by atoms with Crippen LogP contribution in [-0.2, 0) is 7.05 Å². The summed E-state index contributed by atoms with van der Waals surface area (Å²) < 4.78 is 1.51. The molecule has 0 spiro atoms. The maximum atomic E-state index is 11.8. The number of nitrogens with two attached hydrogens (primary N) is 1. The second-order valence-corrected chi connectivity index (χ2v) is 4.02. The number of urea groups is 1.